The number of carbonyl (C=O) groups is 1. The van der Waals surface area contributed by atoms with Crippen LogP contribution >= 0.6 is 11.3 Å². The van der Waals surface area contributed by atoms with Gasteiger partial charge in [0.1, 0.15) is 11.9 Å². The van der Waals surface area contributed by atoms with Gasteiger partial charge in [0.2, 0.25) is 5.91 Å². The lowest BCUT2D eigenvalue weighted by atomic mass is 10.1. The second-order valence-electron chi connectivity index (χ2n) is 6.75. The summed E-state index contributed by atoms with van der Waals surface area (Å²) < 4.78 is 6.12. The molecule has 1 aromatic rings. The predicted octanol–water partition coefficient (Wildman–Crippen LogP) is 2.66. The zero-order valence-electron chi connectivity index (χ0n) is 15.8. The summed E-state index contributed by atoms with van der Waals surface area (Å²) >= 11 is 1.50. The van der Waals surface area contributed by atoms with Gasteiger partial charge in [-0.15, -0.1) is 11.3 Å². The van der Waals surface area contributed by atoms with Crippen LogP contribution in [0.1, 0.15) is 25.1 Å². The molecule has 7 nitrogen and oxygen atoms in total. The Hall–Kier alpha value is -2.45. The highest BCUT2D eigenvalue weighted by Crippen LogP contribution is 2.27. The van der Waals surface area contributed by atoms with Gasteiger partial charge in [0.15, 0.2) is 5.13 Å². The number of carbonyl (C=O) groups excluding carboxylic acids is 1. The van der Waals surface area contributed by atoms with E-state index in [-0.39, 0.29) is 12.0 Å². The molecule has 1 fully saturated rings. The van der Waals surface area contributed by atoms with Gasteiger partial charge in [0.25, 0.3) is 0 Å². The number of nitrogens with one attached hydrogen (secondary N) is 3. The number of anilines is 1. The molecule has 2 aliphatic rings. The average Bonchev–Trinajstić information content (AvgIpc) is 3.16. The van der Waals surface area contributed by atoms with Gasteiger partial charge in [-0.3, -0.25) is 9.69 Å². The Balaban J connectivity index is 1.55. The lowest BCUT2D eigenvalue weighted by molar-refractivity contribution is -0.114. The number of hydrogen-bond acceptors (Lipinski definition) is 7. The van der Waals surface area contributed by atoms with E-state index < -0.39 is 0 Å². The number of ether oxygens (including phenoxy) is 1. The van der Waals surface area contributed by atoms with Crippen LogP contribution in [-0.4, -0.2) is 47.2 Å². The maximum Gasteiger partial charge on any atom is 0.223 e. The number of aromatic nitrogens is 1. The van der Waals surface area contributed by atoms with Gasteiger partial charge in [0.05, 0.1) is 5.71 Å². The Morgan fingerprint density at radius 3 is 3.04 bits per heavy atom. The summed E-state index contributed by atoms with van der Waals surface area (Å²) in [7, 11) is 1.82. The second-order valence-corrected chi connectivity index (χ2v) is 7.86. The normalized spacial score (nSPS) is 24.2. The van der Waals surface area contributed by atoms with Crippen LogP contribution in [0.4, 0.5) is 5.13 Å². The largest absolute Gasteiger partial charge is 0.489 e. The minimum absolute atomic E-state index is 0.0984. The third-order valence-corrected chi connectivity index (χ3v) is 5.39. The van der Waals surface area contributed by atoms with Crippen LogP contribution in [0.15, 0.2) is 42.0 Å². The molecule has 2 heterocycles. The van der Waals surface area contributed by atoms with E-state index >= 15 is 0 Å². The van der Waals surface area contributed by atoms with E-state index in [1.54, 1.807) is 12.3 Å². The van der Waals surface area contributed by atoms with Crippen molar-refractivity contribution >= 4 is 28.1 Å². The van der Waals surface area contributed by atoms with E-state index in [2.05, 4.69) is 27.4 Å². The fourth-order valence-corrected chi connectivity index (χ4v) is 4.11. The molecular weight excluding hydrogens is 362 g/mol. The fraction of sp³-hybridized carbons (Fsp3) is 0.421. The molecule has 1 aliphatic carbocycles. The van der Waals surface area contributed by atoms with Crippen molar-refractivity contribution < 1.29 is 9.53 Å². The highest BCUT2D eigenvalue weighted by Gasteiger charge is 2.31. The van der Waals surface area contributed by atoms with Crippen molar-refractivity contribution in [1.29, 1.82) is 5.41 Å². The quantitative estimate of drug-likeness (QED) is 0.698. The van der Waals surface area contributed by atoms with Crippen LogP contribution in [0, 0.1) is 5.41 Å². The van der Waals surface area contributed by atoms with Gasteiger partial charge in [-0.25, -0.2) is 4.98 Å². The van der Waals surface area contributed by atoms with Crippen LogP contribution in [0.3, 0.4) is 0 Å². The summed E-state index contributed by atoms with van der Waals surface area (Å²) in [5, 5.41) is 14.4. The van der Waals surface area contributed by atoms with Crippen molar-refractivity contribution in [2.45, 2.75) is 39.0 Å². The van der Waals surface area contributed by atoms with E-state index in [1.807, 2.05) is 25.4 Å². The first-order valence-corrected chi connectivity index (χ1v) is 9.75. The summed E-state index contributed by atoms with van der Waals surface area (Å²) in [6.07, 6.45) is 10.2. The maximum absolute atomic E-state index is 11.1. The van der Waals surface area contributed by atoms with E-state index in [4.69, 9.17) is 10.1 Å². The predicted molar refractivity (Wildman–Crippen MR) is 108 cm³/mol. The zero-order chi connectivity index (χ0) is 19.4. The number of allylic oxidation sites excluding steroid dienone is 4. The molecule has 144 valence electrons. The van der Waals surface area contributed by atoms with Gasteiger partial charge in [0, 0.05) is 68.4 Å². The third kappa shape index (κ3) is 5.05. The first-order chi connectivity index (χ1) is 12.9. The van der Waals surface area contributed by atoms with Crippen molar-refractivity contribution in [1.82, 2.24) is 15.2 Å². The lowest BCUT2D eigenvalue weighted by Gasteiger charge is -2.20. The number of hydrogen-bond donors (Lipinski definition) is 3. The van der Waals surface area contributed by atoms with Crippen molar-refractivity contribution in [3.8, 4) is 0 Å². The monoisotopic (exact) mass is 387 g/mol. The Morgan fingerprint density at radius 2 is 2.33 bits per heavy atom. The van der Waals surface area contributed by atoms with Crippen LogP contribution < -0.4 is 10.6 Å². The number of likely N-dealkylation sites (tertiary alicyclic amines) is 1. The van der Waals surface area contributed by atoms with Crippen LogP contribution in [-0.2, 0) is 16.1 Å². The van der Waals surface area contributed by atoms with Crippen molar-refractivity contribution in [3.05, 3.63) is 46.8 Å². The first kappa shape index (κ1) is 19.3. The molecule has 8 heteroatoms. The standard InChI is InChI=1S/C19H25N5O2S/c1-12-6-16(26-15-5-4-14(8-21-3)18(20)7-15)10-24(12)11-17-9-22-19(27-17)23-13(2)25/h4-5,7-9,12,16,20-21H,6,10-11H2,1-3H3,(H,22,23,25)/b14-8-,20-18?/t12-,16+/m0/s1. The Bertz CT molecular complexity index is 811. The molecule has 27 heavy (non-hydrogen) atoms. The number of thiazole rings is 1. The second kappa shape index (κ2) is 8.49. The SMILES string of the molecule is CN/C=C1/C=CC(O[C@@H]2C[C@H](C)N(Cc3cnc(NC(C)=O)s3)C2)=CC1=N. The van der Waals surface area contributed by atoms with Gasteiger partial charge < -0.3 is 20.8 Å². The van der Waals surface area contributed by atoms with Gasteiger partial charge in [-0.05, 0) is 19.1 Å². The number of nitrogens with zero attached hydrogens (tertiary/aromatic N) is 2. The molecule has 2 atom stereocenters. The molecule has 0 saturated carbocycles. The van der Waals surface area contributed by atoms with Crippen LogP contribution in [0.25, 0.3) is 0 Å². The topological polar surface area (TPSA) is 90.3 Å². The van der Waals surface area contributed by atoms with Crippen LogP contribution in [0.2, 0.25) is 0 Å². The Morgan fingerprint density at radius 1 is 1.52 bits per heavy atom. The van der Waals surface area contributed by atoms with Gasteiger partial charge in [-0.2, -0.15) is 0 Å². The fourth-order valence-electron chi connectivity index (χ4n) is 3.22. The summed E-state index contributed by atoms with van der Waals surface area (Å²) in [5.74, 6) is 0.629. The molecule has 1 saturated heterocycles. The minimum atomic E-state index is -0.106. The molecule has 3 N–H and O–H groups in total. The average molecular weight is 388 g/mol. The van der Waals surface area contributed by atoms with Crippen molar-refractivity contribution in [3.63, 3.8) is 0 Å². The molecule has 1 aliphatic heterocycles. The maximum atomic E-state index is 11.1. The third-order valence-electron chi connectivity index (χ3n) is 4.49. The Labute approximate surface area is 163 Å². The van der Waals surface area contributed by atoms with E-state index in [0.29, 0.717) is 16.9 Å². The molecule has 1 aromatic heterocycles. The number of rotatable bonds is 6. The molecule has 1 amide bonds. The highest BCUT2D eigenvalue weighted by molar-refractivity contribution is 7.15. The summed E-state index contributed by atoms with van der Waals surface area (Å²) in [4.78, 5) is 18.8. The van der Waals surface area contributed by atoms with Crippen molar-refractivity contribution in [2.75, 3.05) is 18.9 Å². The first-order valence-electron chi connectivity index (χ1n) is 8.93. The van der Waals surface area contributed by atoms with E-state index in [9.17, 15) is 4.79 Å². The van der Waals surface area contributed by atoms with Crippen LogP contribution in [0.5, 0.6) is 0 Å². The molecule has 0 radical (unpaired) electrons. The Kier molecular flexibility index (Phi) is 6.08. The lowest BCUT2D eigenvalue weighted by Crippen LogP contribution is -2.27. The molecule has 0 bridgehead atoms. The van der Waals surface area contributed by atoms with Gasteiger partial charge >= 0.3 is 0 Å². The highest BCUT2D eigenvalue weighted by atomic mass is 32.1. The molecule has 0 spiro atoms. The number of amides is 1. The summed E-state index contributed by atoms with van der Waals surface area (Å²) in [6, 6.07) is 0.397. The van der Waals surface area contributed by atoms with Gasteiger partial charge in [-0.1, -0.05) is 0 Å². The molecule has 0 aromatic carbocycles. The smallest absolute Gasteiger partial charge is 0.223 e. The molecule has 0 unspecified atom stereocenters. The van der Waals surface area contributed by atoms with E-state index in [1.165, 1.54) is 18.3 Å². The summed E-state index contributed by atoms with van der Waals surface area (Å²) in [5.41, 5.74) is 1.28. The molecular formula is C19H25N5O2S. The zero-order valence-corrected chi connectivity index (χ0v) is 16.6. The molecule has 3 rings (SSSR count). The van der Waals surface area contributed by atoms with E-state index in [0.717, 1.165) is 35.7 Å². The van der Waals surface area contributed by atoms with Crippen molar-refractivity contribution in [2.24, 2.45) is 0 Å². The summed E-state index contributed by atoms with van der Waals surface area (Å²) in [6.45, 7) is 5.29. The minimum Gasteiger partial charge on any atom is -0.489 e.